The Bertz CT molecular complexity index is 503. The molecule has 1 atom stereocenters. The number of nitrogens with one attached hydrogen (secondary N) is 1. The molecule has 1 unspecified atom stereocenters. The molecule has 0 aliphatic rings. The SMILES string of the molecule is COc1ccc(C(C)c2cnc[nH]2)c(C)c1C. The summed E-state index contributed by atoms with van der Waals surface area (Å²) in [5, 5.41) is 0. The summed E-state index contributed by atoms with van der Waals surface area (Å²) >= 11 is 0. The van der Waals surface area contributed by atoms with Gasteiger partial charge in [0.1, 0.15) is 5.75 Å². The third-order valence-electron chi connectivity index (χ3n) is 3.45. The molecule has 90 valence electrons. The largest absolute Gasteiger partial charge is 0.496 e. The quantitative estimate of drug-likeness (QED) is 0.879. The maximum Gasteiger partial charge on any atom is 0.122 e. The molecule has 3 heteroatoms. The Labute approximate surface area is 102 Å². The number of ether oxygens (including phenoxy) is 1. The molecular formula is C14H18N2O. The van der Waals surface area contributed by atoms with Crippen molar-refractivity contribution in [3.05, 3.63) is 47.0 Å². The highest BCUT2D eigenvalue weighted by molar-refractivity contribution is 5.46. The van der Waals surface area contributed by atoms with Crippen LogP contribution < -0.4 is 4.74 Å². The van der Waals surface area contributed by atoms with Crippen LogP contribution in [-0.2, 0) is 0 Å². The molecule has 17 heavy (non-hydrogen) atoms. The molecule has 1 heterocycles. The van der Waals surface area contributed by atoms with Crippen molar-refractivity contribution in [2.24, 2.45) is 0 Å². The van der Waals surface area contributed by atoms with Gasteiger partial charge in [0.25, 0.3) is 0 Å². The number of H-pyrrole nitrogens is 1. The minimum atomic E-state index is 0.321. The van der Waals surface area contributed by atoms with E-state index in [1.54, 1.807) is 13.4 Å². The van der Waals surface area contributed by atoms with Crippen molar-refractivity contribution in [2.75, 3.05) is 7.11 Å². The van der Waals surface area contributed by atoms with Crippen LogP contribution in [-0.4, -0.2) is 17.1 Å². The second kappa shape index (κ2) is 4.62. The van der Waals surface area contributed by atoms with Crippen molar-refractivity contribution in [3.8, 4) is 5.75 Å². The lowest BCUT2D eigenvalue weighted by atomic mass is 9.91. The summed E-state index contributed by atoms with van der Waals surface area (Å²) in [7, 11) is 1.71. The molecule has 2 aromatic rings. The average molecular weight is 230 g/mol. The minimum absolute atomic E-state index is 0.321. The topological polar surface area (TPSA) is 37.9 Å². The van der Waals surface area contributed by atoms with Gasteiger partial charge < -0.3 is 9.72 Å². The van der Waals surface area contributed by atoms with Crippen LogP contribution in [0.4, 0.5) is 0 Å². The Kier molecular flexibility index (Phi) is 3.18. The Balaban J connectivity index is 2.43. The van der Waals surface area contributed by atoms with Crippen LogP contribution in [0.1, 0.15) is 35.2 Å². The third kappa shape index (κ3) is 2.05. The van der Waals surface area contributed by atoms with Gasteiger partial charge in [0, 0.05) is 17.8 Å². The Morgan fingerprint density at radius 3 is 2.59 bits per heavy atom. The molecule has 1 aromatic heterocycles. The highest BCUT2D eigenvalue weighted by Gasteiger charge is 2.14. The number of aromatic nitrogens is 2. The number of hydrogen-bond donors (Lipinski definition) is 1. The molecular weight excluding hydrogens is 212 g/mol. The van der Waals surface area contributed by atoms with Gasteiger partial charge in [-0.3, -0.25) is 0 Å². The van der Waals surface area contributed by atoms with Crippen molar-refractivity contribution < 1.29 is 4.74 Å². The van der Waals surface area contributed by atoms with Gasteiger partial charge in [0.05, 0.1) is 13.4 Å². The molecule has 0 saturated carbocycles. The molecule has 0 saturated heterocycles. The van der Waals surface area contributed by atoms with Crippen molar-refractivity contribution in [2.45, 2.75) is 26.7 Å². The van der Waals surface area contributed by atoms with E-state index in [0.717, 1.165) is 11.4 Å². The van der Waals surface area contributed by atoms with Crippen LogP contribution in [0.3, 0.4) is 0 Å². The molecule has 2 rings (SSSR count). The van der Waals surface area contributed by atoms with Crippen LogP contribution in [0.5, 0.6) is 5.75 Å². The van der Waals surface area contributed by atoms with Gasteiger partial charge in [0.15, 0.2) is 0 Å². The van der Waals surface area contributed by atoms with E-state index in [1.165, 1.54) is 16.7 Å². The van der Waals surface area contributed by atoms with Gasteiger partial charge in [-0.1, -0.05) is 13.0 Å². The van der Waals surface area contributed by atoms with Gasteiger partial charge in [-0.15, -0.1) is 0 Å². The molecule has 0 fully saturated rings. The molecule has 0 amide bonds. The van der Waals surface area contributed by atoms with Crippen molar-refractivity contribution in [1.29, 1.82) is 0 Å². The molecule has 1 aromatic carbocycles. The first kappa shape index (κ1) is 11.7. The van der Waals surface area contributed by atoms with Crippen molar-refractivity contribution in [1.82, 2.24) is 9.97 Å². The summed E-state index contributed by atoms with van der Waals surface area (Å²) in [4.78, 5) is 7.24. The van der Waals surface area contributed by atoms with E-state index in [1.807, 2.05) is 12.3 Å². The maximum atomic E-state index is 5.33. The fraction of sp³-hybridized carbons (Fsp3) is 0.357. The standard InChI is InChI=1S/C14H18N2O/c1-9-10(2)14(17-4)6-5-12(9)11(3)13-7-15-8-16-13/h5-8,11H,1-4H3,(H,15,16). The number of aromatic amines is 1. The molecule has 0 spiro atoms. The van der Waals surface area contributed by atoms with Gasteiger partial charge >= 0.3 is 0 Å². The predicted octanol–water partition coefficient (Wildman–Crippen LogP) is 3.19. The summed E-state index contributed by atoms with van der Waals surface area (Å²) in [6.07, 6.45) is 3.60. The highest BCUT2D eigenvalue weighted by atomic mass is 16.5. The number of benzene rings is 1. The molecule has 0 aliphatic carbocycles. The molecule has 1 N–H and O–H groups in total. The lowest BCUT2D eigenvalue weighted by Crippen LogP contribution is -2.02. The van der Waals surface area contributed by atoms with Crippen LogP contribution in [0, 0.1) is 13.8 Å². The lowest BCUT2D eigenvalue weighted by Gasteiger charge is -2.17. The highest BCUT2D eigenvalue weighted by Crippen LogP contribution is 2.31. The van der Waals surface area contributed by atoms with E-state index in [9.17, 15) is 0 Å². The fourth-order valence-electron chi connectivity index (χ4n) is 2.18. The van der Waals surface area contributed by atoms with Gasteiger partial charge in [-0.2, -0.15) is 0 Å². The summed E-state index contributed by atoms with van der Waals surface area (Å²) < 4.78 is 5.33. The van der Waals surface area contributed by atoms with E-state index >= 15 is 0 Å². The van der Waals surface area contributed by atoms with Crippen molar-refractivity contribution >= 4 is 0 Å². The smallest absolute Gasteiger partial charge is 0.122 e. The third-order valence-corrected chi connectivity index (χ3v) is 3.45. The van der Waals surface area contributed by atoms with E-state index < -0.39 is 0 Å². The van der Waals surface area contributed by atoms with Gasteiger partial charge in [-0.05, 0) is 36.6 Å². The monoisotopic (exact) mass is 230 g/mol. The summed E-state index contributed by atoms with van der Waals surface area (Å²) in [5.74, 6) is 1.27. The second-order valence-electron chi connectivity index (χ2n) is 4.34. The van der Waals surface area contributed by atoms with Crippen LogP contribution in [0.15, 0.2) is 24.7 Å². The Hall–Kier alpha value is -1.77. The molecule has 0 radical (unpaired) electrons. The van der Waals surface area contributed by atoms with Crippen molar-refractivity contribution in [3.63, 3.8) is 0 Å². The zero-order valence-electron chi connectivity index (χ0n) is 10.7. The number of imidazole rings is 1. The maximum absolute atomic E-state index is 5.33. The first-order valence-corrected chi connectivity index (χ1v) is 5.77. The van der Waals surface area contributed by atoms with Crippen LogP contribution in [0.25, 0.3) is 0 Å². The Morgan fingerprint density at radius 2 is 2.00 bits per heavy atom. The second-order valence-corrected chi connectivity index (χ2v) is 4.34. The zero-order chi connectivity index (χ0) is 12.4. The fourth-order valence-corrected chi connectivity index (χ4v) is 2.18. The van der Waals surface area contributed by atoms with Crippen LogP contribution >= 0.6 is 0 Å². The molecule has 3 nitrogen and oxygen atoms in total. The normalized spacial score (nSPS) is 12.5. The first-order valence-electron chi connectivity index (χ1n) is 5.77. The van der Waals surface area contributed by atoms with E-state index in [0.29, 0.717) is 5.92 Å². The average Bonchev–Trinajstić information content (AvgIpc) is 2.85. The molecule has 0 bridgehead atoms. The van der Waals surface area contributed by atoms with Gasteiger partial charge in [0.2, 0.25) is 0 Å². The first-order chi connectivity index (χ1) is 8.15. The predicted molar refractivity (Wildman–Crippen MR) is 68.6 cm³/mol. The summed E-state index contributed by atoms with van der Waals surface area (Å²) in [6, 6.07) is 4.16. The van der Waals surface area contributed by atoms with E-state index in [4.69, 9.17) is 4.74 Å². The van der Waals surface area contributed by atoms with E-state index in [2.05, 4.69) is 36.8 Å². The summed E-state index contributed by atoms with van der Waals surface area (Å²) in [6.45, 7) is 6.42. The van der Waals surface area contributed by atoms with Crippen LogP contribution in [0.2, 0.25) is 0 Å². The lowest BCUT2D eigenvalue weighted by molar-refractivity contribution is 0.411. The summed E-state index contributed by atoms with van der Waals surface area (Å²) in [5.41, 5.74) is 4.94. The number of methoxy groups -OCH3 is 1. The van der Waals surface area contributed by atoms with E-state index in [-0.39, 0.29) is 0 Å². The number of rotatable bonds is 3. The number of nitrogens with zero attached hydrogens (tertiary/aromatic N) is 1. The van der Waals surface area contributed by atoms with Gasteiger partial charge in [-0.25, -0.2) is 4.98 Å². The number of hydrogen-bond acceptors (Lipinski definition) is 2. The zero-order valence-corrected chi connectivity index (χ0v) is 10.7. The Morgan fingerprint density at radius 1 is 1.24 bits per heavy atom. The molecule has 0 aliphatic heterocycles. The minimum Gasteiger partial charge on any atom is -0.496 e.